The third kappa shape index (κ3) is 3.84. The summed E-state index contributed by atoms with van der Waals surface area (Å²) < 4.78 is 10.4. The van der Waals surface area contributed by atoms with Gasteiger partial charge >= 0.3 is 5.97 Å². The summed E-state index contributed by atoms with van der Waals surface area (Å²) >= 11 is 0. The quantitative estimate of drug-likeness (QED) is 0.799. The molecule has 0 N–H and O–H groups in total. The van der Waals surface area contributed by atoms with E-state index in [0.717, 1.165) is 18.8 Å². The number of para-hydroxylation sites is 1. The standard InChI is InChI=1S/C19H22N2O4/c1-14-17(8-13-24-14)19(23)25-15(2)18(22)21-11-9-20(10-12-21)16-6-4-3-5-7-16/h3-8,13,15H,9-12H2,1-2H3/t15-/m0/s1. The van der Waals surface area contributed by atoms with Crippen LogP contribution in [0.2, 0.25) is 0 Å². The van der Waals surface area contributed by atoms with Gasteiger partial charge in [0.1, 0.15) is 11.3 Å². The molecule has 1 aliphatic rings. The lowest BCUT2D eigenvalue weighted by Crippen LogP contribution is -2.51. The van der Waals surface area contributed by atoms with Crippen molar-refractivity contribution < 1.29 is 18.7 Å². The van der Waals surface area contributed by atoms with E-state index >= 15 is 0 Å². The highest BCUT2D eigenvalue weighted by Crippen LogP contribution is 2.17. The van der Waals surface area contributed by atoms with Crippen LogP contribution in [0, 0.1) is 6.92 Å². The maximum atomic E-state index is 12.5. The molecule has 1 aromatic heterocycles. The number of benzene rings is 1. The molecule has 0 spiro atoms. The van der Waals surface area contributed by atoms with Crippen molar-refractivity contribution in [3.63, 3.8) is 0 Å². The predicted octanol–water partition coefficient (Wildman–Crippen LogP) is 2.48. The Morgan fingerprint density at radius 3 is 2.36 bits per heavy atom. The molecule has 2 heterocycles. The second-order valence-electron chi connectivity index (χ2n) is 6.09. The van der Waals surface area contributed by atoms with Crippen LogP contribution < -0.4 is 4.90 Å². The van der Waals surface area contributed by atoms with E-state index in [-0.39, 0.29) is 5.91 Å². The Bertz CT molecular complexity index is 733. The molecule has 25 heavy (non-hydrogen) atoms. The molecule has 2 aromatic rings. The fraction of sp³-hybridized carbons (Fsp3) is 0.368. The number of furan rings is 1. The van der Waals surface area contributed by atoms with Gasteiger partial charge in [0.15, 0.2) is 6.10 Å². The lowest BCUT2D eigenvalue weighted by atomic mass is 10.2. The minimum atomic E-state index is -0.815. The Labute approximate surface area is 147 Å². The molecule has 0 radical (unpaired) electrons. The number of hydrogen-bond acceptors (Lipinski definition) is 5. The summed E-state index contributed by atoms with van der Waals surface area (Å²) in [6.45, 7) is 6.04. The minimum absolute atomic E-state index is 0.165. The molecule has 132 valence electrons. The van der Waals surface area contributed by atoms with Crippen LogP contribution in [-0.4, -0.2) is 49.1 Å². The van der Waals surface area contributed by atoms with E-state index in [1.165, 1.54) is 6.26 Å². The van der Waals surface area contributed by atoms with Crippen LogP contribution in [0.4, 0.5) is 5.69 Å². The van der Waals surface area contributed by atoms with Gasteiger partial charge in [-0.1, -0.05) is 18.2 Å². The van der Waals surface area contributed by atoms with Gasteiger partial charge in [-0.05, 0) is 32.0 Å². The SMILES string of the molecule is Cc1occc1C(=O)O[C@@H](C)C(=O)N1CCN(c2ccccc2)CC1. The lowest BCUT2D eigenvalue weighted by molar-refractivity contribution is -0.140. The zero-order valence-corrected chi connectivity index (χ0v) is 14.5. The fourth-order valence-electron chi connectivity index (χ4n) is 2.95. The van der Waals surface area contributed by atoms with Gasteiger partial charge < -0.3 is 19.0 Å². The summed E-state index contributed by atoms with van der Waals surface area (Å²) in [6.07, 6.45) is 0.617. The van der Waals surface area contributed by atoms with Gasteiger partial charge in [0.25, 0.3) is 5.91 Å². The molecule has 1 atom stereocenters. The van der Waals surface area contributed by atoms with Gasteiger partial charge in [-0.2, -0.15) is 0 Å². The molecule has 6 nitrogen and oxygen atoms in total. The first-order valence-electron chi connectivity index (χ1n) is 8.40. The Morgan fingerprint density at radius 2 is 1.76 bits per heavy atom. The maximum absolute atomic E-state index is 12.5. The first-order valence-corrected chi connectivity index (χ1v) is 8.40. The molecule has 0 unspecified atom stereocenters. The normalized spacial score (nSPS) is 15.8. The molecule has 1 saturated heterocycles. The van der Waals surface area contributed by atoms with Gasteiger partial charge in [-0.3, -0.25) is 4.79 Å². The lowest BCUT2D eigenvalue weighted by Gasteiger charge is -2.37. The Balaban J connectivity index is 1.53. The summed E-state index contributed by atoms with van der Waals surface area (Å²) in [4.78, 5) is 28.6. The van der Waals surface area contributed by atoms with E-state index in [2.05, 4.69) is 17.0 Å². The maximum Gasteiger partial charge on any atom is 0.342 e. The average molecular weight is 342 g/mol. The molecule has 0 saturated carbocycles. The summed E-state index contributed by atoms with van der Waals surface area (Å²) in [5.41, 5.74) is 1.51. The van der Waals surface area contributed by atoms with Crippen LogP contribution in [-0.2, 0) is 9.53 Å². The van der Waals surface area contributed by atoms with Crippen molar-refractivity contribution in [2.75, 3.05) is 31.1 Å². The van der Waals surface area contributed by atoms with Crippen molar-refractivity contribution in [3.8, 4) is 0 Å². The molecule has 1 aromatic carbocycles. The smallest absolute Gasteiger partial charge is 0.342 e. The second-order valence-corrected chi connectivity index (χ2v) is 6.09. The zero-order chi connectivity index (χ0) is 17.8. The zero-order valence-electron chi connectivity index (χ0n) is 14.5. The summed E-state index contributed by atoms with van der Waals surface area (Å²) in [7, 11) is 0. The molecule has 1 amide bonds. The third-order valence-electron chi connectivity index (χ3n) is 4.42. The predicted molar refractivity (Wildman–Crippen MR) is 93.6 cm³/mol. The van der Waals surface area contributed by atoms with Crippen LogP contribution >= 0.6 is 0 Å². The largest absolute Gasteiger partial charge is 0.469 e. The van der Waals surface area contributed by atoms with E-state index in [1.807, 2.05) is 18.2 Å². The highest BCUT2D eigenvalue weighted by molar-refractivity contribution is 5.93. The van der Waals surface area contributed by atoms with Gasteiger partial charge in [-0.25, -0.2) is 4.79 Å². The molecular weight excluding hydrogens is 320 g/mol. The molecular formula is C19H22N2O4. The first-order chi connectivity index (χ1) is 12.1. The number of anilines is 1. The van der Waals surface area contributed by atoms with Gasteiger partial charge in [0, 0.05) is 31.9 Å². The van der Waals surface area contributed by atoms with Crippen LogP contribution in [0.5, 0.6) is 0 Å². The number of carbonyl (C=O) groups is 2. The summed E-state index contributed by atoms with van der Waals surface area (Å²) in [5.74, 6) is -0.210. The number of piperazine rings is 1. The van der Waals surface area contributed by atoms with Crippen molar-refractivity contribution in [2.24, 2.45) is 0 Å². The average Bonchev–Trinajstić information content (AvgIpc) is 3.08. The fourth-order valence-corrected chi connectivity index (χ4v) is 2.95. The van der Waals surface area contributed by atoms with Gasteiger partial charge in [-0.15, -0.1) is 0 Å². The highest BCUT2D eigenvalue weighted by atomic mass is 16.5. The molecule has 1 aliphatic heterocycles. The Hall–Kier alpha value is -2.76. The molecule has 0 aliphatic carbocycles. The van der Waals surface area contributed by atoms with E-state index in [0.29, 0.717) is 24.4 Å². The van der Waals surface area contributed by atoms with Gasteiger partial charge in [0.05, 0.1) is 6.26 Å². The van der Waals surface area contributed by atoms with Crippen molar-refractivity contribution in [3.05, 3.63) is 54.0 Å². The number of aryl methyl sites for hydroxylation is 1. The molecule has 1 fully saturated rings. The topological polar surface area (TPSA) is 63.0 Å². The monoisotopic (exact) mass is 342 g/mol. The van der Waals surface area contributed by atoms with Crippen molar-refractivity contribution in [1.29, 1.82) is 0 Å². The van der Waals surface area contributed by atoms with Crippen LogP contribution in [0.15, 0.2) is 47.1 Å². The Morgan fingerprint density at radius 1 is 1.08 bits per heavy atom. The molecule has 3 rings (SSSR count). The molecule has 0 bridgehead atoms. The number of esters is 1. The van der Waals surface area contributed by atoms with Crippen LogP contribution in [0.1, 0.15) is 23.0 Å². The number of amides is 1. The van der Waals surface area contributed by atoms with E-state index in [9.17, 15) is 9.59 Å². The number of carbonyl (C=O) groups excluding carboxylic acids is 2. The summed E-state index contributed by atoms with van der Waals surface area (Å²) in [6, 6.07) is 11.7. The van der Waals surface area contributed by atoms with E-state index < -0.39 is 12.1 Å². The van der Waals surface area contributed by atoms with Crippen molar-refractivity contribution in [2.45, 2.75) is 20.0 Å². The highest BCUT2D eigenvalue weighted by Gasteiger charge is 2.28. The van der Waals surface area contributed by atoms with Crippen LogP contribution in [0.3, 0.4) is 0 Å². The third-order valence-corrected chi connectivity index (χ3v) is 4.42. The van der Waals surface area contributed by atoms with Crippen molar-refractivity contribution in [1.82, 2.24) is 4.90 Å². The number of hydrogen-bond donors (Lipinski definition) is 0. The first kappa shape index (κ1) is 17.1. The number of rotatable bonds is 4. The van der Waals surface area contributed by atoms with Crippen LogP contribution in [0.25, 0.3) is 0 Å². The van der Waals surface area contributed by atoms with E-state index in [1.54, 1.807) is 24.8 Å². The number of ether oxygens (including phenoxy) is 1. The van der Waals surface area contributed by atoms with Crippen molar-refractivity contribution >= 4 is 17.6 Å². The summed E-state index contributed by atoms with van der Waals surface area (Å²) in [5, 5.41) is 0. The second kappa shape index (κ2) is 7.42. The Kier molecular flexibility index (Phi) is 5.07. The molecule has 6 heteroatoms. The van der Waals surface area contributed by atoms with Gasteiger partial charge in [0.2, 0.25) is 0 Å². The minimum Gasteiger partial charge on any atom is -0.469 e. The number of nitrogens with zero attached hydrogens (tertiary/aromatic N) is 2. The van der Waals surface area contributed by atoms with E-state index in [4.69, 9.17) is 9.15 Å².